The highest BCUT2D eigenvalue weighted by Gasteiger charge is 2.47. The molecule has 10 atom stereocenters. The molecule has 20 heteroatoms. The summed E-state index contributed by atoms with van der Waals surface area (Å²) >= 11 is 0. The van der Waals surface area contributed by atoms with Gasteiger partial charge in [0.25, 0.3) is 0 Å². The van der Waals surface area contributed by atoms with Crippen LogP contribution < -0.4 is 11.1 Å². The topological polar surface area (TPSA) is 274 Å². The molecule has 2 aliphatic rings. The Labute approximate surface area is 247 Å². The van der Waals surface area contributed by atoms with Crippen LogP contribution in [0.15, 0.2) is 12.7 Å². The molecule has 1 aliphatic carbocycles. The quantitative estimate of drug-likeness (QED) is 0.0874. The van der Waals surface area contributed by atoms with Crippen molar-refractivity contribution in [3.8, 4) is 0 Å². The van der Waals surface area contributed by atoms with Crippen molar-refractivity contribution >= 4 is 32.6 Å². The molecular formula is C23H40N6O12P2. The molecule has 1 saturated heterocycles. The summed E-state index contributed by atoms with van der Waals surface area (Å²) in [6, 6.07) is 0. The molecule has 2 aromatic rings. The summed E-state index contributed by atoms with van der Waals surface area (Å²) in [5.74, 6) is -0.506. The normalized spacial score (nSPS) is 32.2. The van der Waals surface area contributed by atoms with Crippen LogP contribution in [0.25, 0.3) is 11.2 Å². The molecule has 0 spiro atoms. The van der Waals surface area contributed by atoms with E-state index in [0.29, 0.717) is 36.5 Å². The summed E-state index contributed by atoms with van der Waals surface area (Å²) in [5.41, 5.74) is 6.21. The highest BCUT2D eigenvalue weighted by atomic mass is 31.3. The number of nitrogens with two attached hydrogens (primary N) is 1. The van der Waals surface area contributed by atoms with Crippen molar-refractivity contribution in [3.05, 3.63) is 12.7 Å². The molecule has 0 aromatic carbocycles. The Morgan fingerprint density at radius 3 is 2.35 bits per heavy atom. The van der Waals surface area contributed by atoms with Crippen LogP contribution >= 0.6 is 15.6 Å². The monoisotopic (exact) mass is 654 g/mol. The van der Waals surface area contributed by atoms with Gasteiger partial charge in [-0.1, -0.05) is 19.8 Å². The number of anilines is 1. The first kappa shape index (κ1) is 34.2. The lowest BCUT2D eigenvalue weighted by Gasteiger charge is -2.21. The number of nitrogens with one attached hydrogen (secondary N) is 1. The van der Waals surface area contributed by atoms with E-state index in [0.717, 1.165) is 25.7 Å². The van der Waals surface area contributed by atoms with Crippen LogP contribution in [0.1, 0.15) is 45.3 Å². The Morgan fingerprint density at radius 1 is 0.977 bits per heavy atom. The Bertz CT molecular complexity index is 1300. The van der Waals surface area contributed by atoms with Crippen molar-refractivity contribution in [1.29, 1.82) is 0 Å². The molecular weight excluding hydrogens is 614 g/mol. The Morgan fingerprint density at radius 2 is 1.67 bits per heavy atom. The third-order valence-electron chi connectivity index (χ3n) is 7.54. The maximum atomic E-state index is 12.4. The third-order valence-corrected chi connectivity index (χ3v) is 10.1. The number of nitrogens with zero attached hydrogens (tertiary/aromatic N) is 4. The third kappa shape index (κ3) is 8.55. The molecule has 3 heterocycles. The molecule has 1 aliphatic heterocycles. The van der Waals surface area contributed by atoms with Crippen LogP contribution in [-0.4, -0.2) is 107 Å². The molecule has 2 aromatic heterocycles. The average molecular weight is 655 g/mol. The van der Waals surface area contributed by atoms with Crippen molar-refractivity contribution in [2.45, 2.75) is 75.8 Å². The molecule has 10 unspecified atom stereocenters. The summed E-state index contributed by atoms with van der Waals surface area (Å²) in [6.45, 7) is 1.64. The van der Waals surface area contributed by atoms with Crippen LogP contribution in [0.3, 0.4) is 0 Å². The number of imidazole rings is 1. The van der Waals surface area contributed by atoms with E-state index < -0.39 is 71.5 Å². The molecule has 0 radical (unpaired) electrons. The molecule has 0 amide bonds. The van der Waals surface area contributed by atoms with E-state index >= 15 is 0 Å². The van der Waals surface area contributed by atoms with Gasteiger partial charge in [-0.15, -0.1) is 0 Å². The predicted molar refractivity (Wildman–Crippen MR) is 149 cm³/mol. The van der Waals surface area contributed by atoms with Crippen LogP contribution in [0, 0.1) is 11.8 Å². The number of rotatable bonds is 16. The highest BCUT2D eigenvalue weighted by molar-refractivity contribution is 7.61. The van der Waals surface area contributed by atoms with Crippen LogP contribution in [0.5, 0.6) is 0 Å². The van der Waals surface area contributed by atoms with E-state index in [4.69, 9.17) is 19.5 Å². The predicted octanol–water partition coefficient (Wildman–Crippen LogP) is 0.00490. The number of aliphatic hydroxyl groups excluding tert-OH is 4. The number of hydrogen-bond acceptors (Lipinski definition) is 15. The molecule has 18 nitrogen and oxygen atoms in total. The van der Waals surface area contributed by atoms with Gasteiger partial charge >= 0.3 is 15.6 Å². The van der Waals surface area contributed by atoms with E-state index in [9.17, 15) is 39.3 Å². The molecule has 9 N–H and O–H groups in total. The second kappa shape index (κ2) is 14.6. The van der Waals surface area contributed by atoms with Gasteiger partial charge in [0.1, 0.15) is 24.6 Å². The van der Waals surface area contributed by atoms with E-state index in [2.05, 4.69) is 24.6 Å². The summed E-state index contributed by atoms with van der Waals surface area (Å²) < 4.78 is 45.5. The van der Waals surface area contributed by atoms with Gasteiger partial charge in [0, 0.05) is 12.5 Å². The number of fused-ring (bicyclic) bond motifs is 1. The van der Waals surface area contributed by atoms with E-state index in [1.807, 2.05) is 0 Å². The van der Waals surface area contributed by atoms with Crippen molar-refractivity contribution in [3.63, 3.8) is 0 Å². The van der Waals surface area contributed by atoms with Crippen LogP contribution in [-0.2, 0) is 27.2 Å². The summed E-state index contributed by atoms with van der Waals surface area (Å²) in [4.78, 5) is 32.7. The SMILES string of the molecule is CC1CC(COP(=O)(O)OP(=O)(O)OCC2OC(n3cnc4c(NCCCCCCN)ncnc43)C(O)C2O)C(O)C1O. The minimum Gasteiger partial charge on any atom is -0.390 e. The van der Waals surface area contributed by atoms with Crippen molar-refractivity contribution in [2.75, 3.05) is 31.6 Å². The zero-order valence-corrected chi connectivity index (χ0v) is 25.3. The molecule has 43 heavy (non-hydrogen) atoms. The number of ether oxygens (including phenoxy) is 1. The van der Waals surface area contributed by atoms with Crippen molar-refractivity contribution < 1.29 is 57.4 Å². The first-order chi connectivity index (χ1) is 20.3. The minimum atomic E-state index is -5.24. The van der Waals surface area contributed by atoms with Gasteiger partial charge in [0.15, 0.2) is 23.2 Å². The van der Waals surface area contributed by atoms with Crippen molar-refractivity contribution in [1.82, 2.24) is 19.5 Å². The Kier molecular flexibility index (Phi) is 11.7. The lowest BCUT2D eigenvalue weighted by Crippen LogP contribution is -2.33. The zero-order valence-electron chi connectivity index (χ0n) is 23.5. The number of aliphatic hydroxyl groups is 4. The first-order valence-electron chi connectivity index (χ1n) is 14.0. The lowest BCUT2D eigenvalue weighted by atomic mass is 10.1. The van der Waals surface area contributed by atoms with E-state index in [1.165, 1.54) is 17.2 Å². The van der Waals surface area contributed by atoms with Crippen LogP contribution in [0.2, 0.25) is 0 Å². The molecule has 2 fully saturated rings. The van der Waals surface area contributed by atoms with Gasteiger partial charge in [0.2, 0.25) is 0 Å². The second-order valence-corrected chi connectivity index (χ2v) is 13.8. The molecule has 1 saturated carbocycles. The number of unbranched alkanes of at least 4 members (excludes halogenated alkanes) is 3. The molecule has 4 rings (SSSR count). The highest BCUT2D eigenvalue weighted by Crippen LogP contribution is 2.61. The maximum Gasteiger partial charge on any atom is 0.481 e. The Hall–Kier alpha value is -1.63. The fraction of sp³-hybridized carbons (Fsp3) is 0.783. The van der Waals surface area contributed by atoms with E-state index in [1.54, 1.807) is 6.92 Å². The average Bonchev–Trinajstić information content (AvgIpc) is 3.58. The van der Waals surface area contributed by atoms with Gasteiger partial charge in [0.05, 0.1) is 31.7 Å². The number of hydrogen-bond donors (Lipinski definition) is 8. The van der Waals surface area contributed by atoms with Crippen LogP contribution in [0.4, 0.5) is 5.82 Å². The summed E-state index contributed by atoms with van der Waals surface area (Å²) in [5, 5.41) is 44.2. The van der Waals surface area contributed by atoms with Crippen molar-refractivity contribution in [2.24, 2.45) is 17.6 Å². The summed E-state index contributed by atoms with van der Waals surface area (Å²) in [7, 11) is -10.4. The van der Waals surface area contributed by atoms with Gasteiger partial charge in [-0.3, -0.25) is 13.6 Å². The largest absolute Gasteiger partial charge is 0.481 e. The zero-order chi connectivity index (χ0) is 31.4. The summed E-state index contributed by atoms with van der Waals surface area (Å²) in [6.07, 6.45) is -1.10. The van der Waals surface area contributed by atoms with Gasteiger partial charge in [-0.25, -0.2) is 24.1 Å². The number of phosphoric ester groups is 2. The smallest absolute Gasteiger partial charge is 0.390 e. The fourth-order valence-electron chi connectivity index (χ4n) is 5.17. The fourth-order valence-corrected chi connectivity index (χ4v) is 7.30. The second-order valence-electron chi connectivity index (χ2n) is 10.8. The molecule has 0 bridgehead atoms. The van der Waals surface area contributed by atoms with Gasteiger partial charge in [-0.05, 0) is 31.7 Å². The Balaban J connectivity index is 1.32. The number of aromatic nitrogens is 4. The van der Waals surface area contributed by atoms with E-state index in [-0.39, 0.29) is 5.92 Å². The standard InChI is InChI=1S/C23H40N6O12P2/c1-13-8-14(18(31)17(13)30)9-38-42(34,35)41-43(36,37)39-10-15-19(32)20(33)23(40-15)29-12-28-16-21(26-11-27-22(16)29)25-7-5-3-2-4-6-24/h11-15,17-20,23,30-33H,2-10,24H2,1H3,(H,34,35)(H,36,37)(H,25,26,27). The van der Waals surface area contributed by atoms with Gasteiger partial charge in [-0.2, -0.15) is 4.31 Å². The first-order valence-corrected chi connectivity index (χ1v) is 17.0. The number of phosphoric acid groups is 2. The lowest BCUT2D eigenvalue weighted by molar-refractivity contribution is -0.0505. The molecule has 244 valence electrons. The van der Waals surface area contributed by atoms with Gasteiger partial charge < -0.3 is 46.0 Å². The minimum absolute atomic E-state index is 0.278. The maximum absolute atomic E-state index is 12.4.